The first-order valence-corrected chi connectivity index (χ1v) is 9.10. The topological polar surface area (TPSA) is 11.4 Å². The molecule has 3 nitrogen and oxygen atoms in total. The highest BCUT2D eigenvalue weighted by Gasteiger charge is 2.36. The third-order valence-electron chi connectivity index (χ3n) is 5.24. The number of anilines is 1. The zero-order valence-corrected chi connectivity index (χ0v) is 15.2. The van der Waals surface area contributed by atoms with E-state index in [0.717, 1.165) is 37.4 Å². The van der Waals surface area contributed by atoms with Gasteiger partial charge in [-0.05, 0) is 30.8 Å². The molecule has 2 aromatic carbocycles. The Morgan fingerprint density at radius 1 is 0.889 bits per heavy atom. The SMILES string of the molecule is CN1CCN(c2cccc3c2cc(C(F)(F)F)n3Cc2ccccc2)CC1. The van der Waals surface area contributed by atoms with Crippen molar-refractivity contribution in [1.29, 1.82) is 0 Å². The van der Waals surface area contributed by atoms with Crippen molar-refractivity contribution < 1.29 is 13.2 Å². The Bertz CT molecular complexity index is 923. The first kappa shape index (κ1) is 17.9. The van der Waals surface area contributed by atoms with Gasteiger partial charge in [-0.15, -0.1) is 0 Å². The van der Waals surface area contributed by atoms with Crippen LogP contribution in [-0.4, -0.2) is 42.7 Å². The number of alkyl halides is 3. The number of likely N-dealkylation sites (N-methyl/N-ethyl adjacent to an activating group) is 1. The van der Waals surface area contributed by atoms with E-state index in [1.54, 1.807) is 6.07 Å². The highest BCUT2D eigenvalue weighted by molar-refractivity contribution is 5.94. The van der Waals surface area contributed by atoms with Crippen molar-refractivity contribution >= 4 is 16.6 Å². The molecule has 0 bridgehead atoms. The van der Waals surface area contributed by atoms with E-state index in [1.807, 2.05) is 42.5 Å². The maximum atomic E-state index is 13.8. The minimum atomic E-state index is -4.40. The van der Waals surface area contributed by atoms with Crippen LogP contribution in [0.25, 0.3) is 10.9 Å². The lowest BCUT2D eigenvalue weighted by Crippen LogP contribution is -2.44. The molecule has 0 N–H and O–H groups in total. The van der Waals surface area contributed by atoms with Crippen LogP contribution in [0.2, 0.25) is 0 Å². The Kier molecular flexibility index (Phi) is 4.60. The van der Waals surface area contributed by atoms with Crippen molar-refractivity contribution in [1.82, 2.24) is 9.47 Å². The van der Waals surface area contributed by atoms with E-state index in [2.05, 4.69) is 16.8 Å². The zero-order chi connectivity index (χ0) is 19.0. The molecule has 2 heterocycles. The number of aromatic nitrogens is 1. The van der Waals surface area contributed by atoms with Crippen LogP contribution in [0.3, 0.4) is 0 Å². The third-order valence-corrected chi connectivity index (χ3v) is 5.24. The largest absolute Gasteiger partial charge is 0.431 e. The Morgan fingerprint density at radius 2 is 1.59 bits per heavy atom. The molecule has 142 valence electrons. The average Bonchev–Trinajstić information content (AvgIpc) is 3.02. The maximum absolute atomic E-state index is 13.8. The predicted octanol–water partition coefficient (Wildman–Crippen LogP) is 4.46. The lowest BCUT2D eigenvalue weighted by Gasteiger charge is -2.34. The van der Waals surface area contributed by atoms with E-state index < -0.39 is 11.9 Å². The van der Waals surface area contributed by atoms with E-state index in [0.29, 0.717) is 10.9 Å². The lowest BCUT2D eigenvalue weighted by atomic mass is 10.1. The fraction of sp³-hybridized carbons (Fsp3) is 0.333. The van der Waals surface area contributed by atoms with Crippen molar-refractivity contribution in [2.75, 3.05) is 38.1 Å². The van der Waals surface area contributed by atoms with E-state index in [1.165, 1.54) is 10.6 Å². The number of rotatable bonds is 3. The molecule has 1 fully saturated rings. The summed E-state index contributed by atoms with van der Waals surface area (Å²) in [4.78, 5) is 4.42. The van der Waals surface area contributed by atoms with Gasteiger partial charge in [0.2, 0.25) is 0 Å². The number of hydrogen-bond donors (Lipinski definition) is 0. The van der Waals surface area contributed by atoms with Crippen LogP contribution in [0.4, 0.5) is 18.9 Å². The monoisotopic (exact) mass is 373 g/mol. The van der Waals surface area contributed by atoms with Crippen molar-refractivity contribution in [2.24, 2.45) is 0 Å². The number of piperazine rings is 1. The number of benzene rings is 2. The Hall–Kier alpha value is -2.47. The summed E-state index contributed by atoms with van der Waals surface area (Å²) in [5, 5.41) is 0.672. The van der Waals surface area contributed by atoms with E-state index >= 15 is 0 Å². The van der Waals surface area contributed by atoms with Crippen LogP contribution in [0.1, 0.15) is 11.3 Å². The van der Waals surface area contributed by atoms with Gasteiger partial charge in [-0.25, -0.2) is 0 Å². The van der Waals surface area contributed by atoms with Gasteiger partial charge < -0.3 is 14.4 Å². The van der Waals surface area contributed by atoms with Crippen LogP contribution < -0.4 is 4.90 Å². The highest BCUT2D eigenvalue weighted by atomic mass is 19.4. The standard InChI is InChI=1S/C21H22F3N3/c1-25-10-12-26(13-11-25)18-8-5-9-19-17(18)14-20(21(22,23)24)27(19)15-16-6-3-2-4-7-16/h2-9,14H,10-13,15H2,1H3. The van der Waals surface area contributed by atoms with Crippen molar-refractivity contribution in [3.8, 4) is 0 Å². The number of nitrogens with zero attached hydrogens (tertiary/aromatic N) is 3. The van der Waals surface area contributed by atoms with E-state index in [4.69, 9.17) is 0 Å². The van der Waals surface area contributed by atoms with Gasteiger partial charge in [0.15, 0.2) is 0 Å². The predicted molar refractivity (Wildman–Crippen MR) is 102 cm³/mol. The lowest BCUT2D eigenvalue weighted by molar-refractivity contribution is -0.143. The Morgan fingerprint density at radius 3 is 2.26 bits per heavy atom. The minimum Gasteiger partial charge on any atom is -0.368 e. The molecule has 0 amide bonds. The highest BCUT2D eigenvalue weighted by Crippen LogP contribution is 2.38. The van der Waals surface area contributed by atoms with Crippen LogP contribution >= 0.6 is 0 Å². The molecule has 0 radical (unpaired) electrons. The van der Waals surface area contributed by atoms with Gasteiger partial charge >= 0.3 is 6.18 Å². The number of halogens is 3. The molecule has 0 unspecified atom stereocenters. The molecule has 1 saturated heterocycles. The molecule has 3 aromatic rings. The van der Waals surface area contributed by atoms with Crippen molar-refractivity contribution in [3.05, 3.63) is 65.9 Å². The molecule has 0 spiro atoms. The quantitative estimate of drug-likeness (QED) is 0.672. The summed E-state index contributed by atoms with van der Waals surface area (Å²) in [6.45, 7) is 3.66. The van der Waals surface area contributed by atoms with Crippen LogP contribution in [0.5, 0.6) is 0 Å². The van der Waals surface area contributed by atoms with Crippen LogP contribution in [0, 0.1) is 0 Å². The second-order valence-corrected chi connectivity index (χ2v) is 7.10. The summed E-state index contributed by atoms with van der Waals surface area (Å²) in [5.74, 6) is 0. The summed E-state index contributed by atoms with van der Waals surface area (Å²) in [7, 11) is 2.07. The summed E-state index contributed by atoms with van der Waals surface area (Å²) >= 11 is 0. The smallest absolute Gasteiger partial charge is 0.368 e. The van der Waals surface area contributed by atoms with Crippen molar-refractivity contribution in [3.63, 3.8) is 0 Å². The summed E-state index contributed by atoms with van der Waals surface area (Å²) in [6, 6.07) is 16.2. The molecule has 27 heavy (non-hydrogen) atoms. The van der Waals surface area contributed by atoms with E-state index in [9.17, 15) is 13.2 Å². The second-order valence-electron chi connectivity index (χ2n) is 7.10. The van der Waals surface area contributed by atoms with Gasteiger partial charge in [0.05, 0.1) is 5.52 Å². The number of fused-ring (bicyclic) bond motifs is 1. The van der Waals surface area contributed by atoms with E-state index in [-0.39, 0.29) is 6.54 Å². The summed E-state index contributed by atoms with van der Waals surface area (Å²) in [5.41, 5.74) is 1.77. The zero-order valence-electron chi connectivity index (χ0n) is 15.2. The number of hydrogen-bond acceptors (Lipinski definition) is 2. The van der Waals surface area contributed by atoms with Gasteiger partial charge in [0.25, 0.3) is 0 Å². The molecule has 1 aromatic heterocycles. The van der Waals surface area contributed by atoms with Crippen molar-refractivity contribution in [2.45, 2.75) is 12.7 Å². The molecule has 0 atom stereocenters. The van der Waals surface area contributed by atoms with Gasteiger partial charge in [0, 0.05) is 43.8 Å². The molecular weight excluding hydrogens is 351 g/mol. The third kappa shape index (κ3) is 3.54. The summed E-state index contributed by atoms with van der Waals surface area (Å²) < 4.78 is 42.7. The molecule has 1 aliphatic rings. The van der Waals surface area contributed by atoms with Gasteiger partial charge in [0.1, 0.15) is 5.69 Å². The van der Waals surface area contributed by atoms with Crippen LogP contribution in [0.15, 0.2) is 54.6 Å². The average molecular weight is 373 g/mol. The van der Waals surface area contributed by atoms with Gasteiger partial charge in [-0.1, -0.05) is 36.4 Å². The van der Waals surface area contributed by atoms with Gasteiger partial charge in [-0.3, -0.25) is 0 Å². The first-order valence-electron chi connectivity index (χ1n) is 9.10. The normalized spacial score (nSPS) is 16.2. The van der Waals surface area contributed by atoms with Gasteiger partial charge in [-0.2, -0.15) is 13.2 Å². The Labute approximate surface area is 156 Å². The van der Waals surface area contributed by atoms with Crippen LogP contribution in [-0.2, 0) is 12.7 Å². The first-order chi connectivity index (χ1) is 12.9. The fourth-order valence-electron chi connectivity index (χ4n) is 3.76. The molecule has 6 heteroatoms. The Balaban J connectivity index is 1.82. The molecule has 1 aliphatic heterocycles. The molecule has 0 aliphatic carbocycles. The molecule has 4 rings (SSSR count). The summed E-state index contributed by atoms with van der Waals surface area (Å²) in [6.07, 6.45) is -4.40. The second kappa shape index (κ2) is 6.93. The molecule has 0 saturated carbocycles. The fourth-order valence-corrected chi connectivity index (χ4v) is 3.76. The minimum absolute atomic E-state index is 0.200. The maximum Gasteiger partial charge on any atom is 0.431 e. The molecular formula is C21H22F3N3.